The fourth-order valence-electron chi connectivity index (χ4n) is 2.73. The molecule has 2 atom stereocenters. The van der Waals surface area contributed by atoms with Gasteiger partial charge in [0.25, 0.3) is 0 Å². The summed E-state index contributed by atoms with van der Waals surface area (Å²) in [5.74, 6) is 0. The van der Waals surface area contributed by atoms with Crippen molar-refractivity contribution in [2.75, 3.05) is 33.4 Å². The van der Waals surface area contributed by atoms with Gasteiger partial charge in [0, 0.05) is 25.8 Å². The van der Waals surface area contributed by atoms with Crippen LogP contribution in [0.1, 0.15) is 36.9 Å². The summed E-state index contributed by atoms with van der Waals surface area (Å²) in [6, 6.07) is 8.84. The van der Waals surface area contributed by atoms with Gasteiger partial charge in [-0.15, -0.1) is 0 Å². The Morgan fingerprint density at radius 1 is 1.27 bits per heavy atom. The van der Waals surface area contributed by atoms with Crippen LogP contribution in [0.15, 0.2) is 24.3 Å². The fraction of sp³-hybridized carbons (Fsp3) is 0.667. The smallest absolute Gasteiger partial charge is 0.0900 e. The van der Waals surface area contributed by atoms with Gasteiger partial charge in [0.1, 0.15) is 0 Å². The lowest BCUT2D eigenvalue weighted by Gasteiger charge is -2.29. The second kappa shape index (κ2) is 8.63. The van der Waals surface area contributed by atoms with Crippen molar-refractivity contribution in [3.8, 4) is 0 Å². The highest BCUT2D eigenvalue weighted by Gasteiger charge is 2.19. The standard InChI is InChI=1S/C18H29NO3/c1-14-4-6-16(7-5-14)15(2)19(3)12-17(20)13-22-18-8-10-21-11-9-18/h4-7,15,17-18,20H,8-13H2,1-3H3. The van der Waals surface area contributed by atoms with E-state index in [1.807, 2.05) is 7.05 Å². The summed E-state index contributed by atoms with van der Waals surface area (Å²) in [7, 11) is 2.04. The molecular formula is C18H29NO3. The zero-order valence-electron chi connectivity index (χ0n) is 14.0. The van der Waals surface area contributed by atoms with E-state index in [1.165, 1.54) is 11.1 Å². The van der Waals surface area contributed by atoms with Crippen molar-refractivity contribution in [3.05, 3.63) is 35.4 Å². The zero-order chi connectivity index (χ0) is 15.9. The third kappa shape index (κ3) is 5.36. The quantitative estimate of drug-likeness (QED) is 0.840. The molecule has 1 fully saturated rings. The second-order valence-electron chi connectivity index (χ2n) is 6.33. The van der Waals surface area contributed by atoms with Crippen LogP contribution >= 0.6 is 0 Å². The van der Waals surface area contributed by atoms with Crippen LogP contribution in [0.2, 0.25) is 0 Å². The van der Waals surface area contributed by atoms with E-state index in [9.17, 15) is 5.11 Å². The van der Waals surface area contributed by atoms with E-state index in [0.717, 1.165) is 26.1 Å². The highest BCUT2D eigenvalue weighted by Crippen LogP contribution is 2.19. The van der Waals surface area contributed by atoms with Gasteiger partial charge in [-0.25, -0.2) is 0 Å². The molecule has 0 spiro atoms. The van der Waals surface area contributed by atoms with Crippen molar-refractivity contribution in [1.29, 1.82) is 0 Å². The Balaban J connectivity index is 1.74. The van der Waals surface area contributed by atoms with Crippen molar-refractivity contribution in [2.24, 2.45) is 0 Å². The molecule has 0 bridgehead atoms. The number of aryl methyl sites for hydroxylation is 1. The number of hydrogen-bond donors (Lipinski definition) is 1. The Morgan fingerprint density at radius 3 is 2.55 bits per heavy atom. The van der Waals surface area contributed by atoms with Gasteiger partial charge in [0.05, 0.1) is 18.8 Å². The molecule has 4 nitrogen and oxygen atoms in total. The van der Waals surface area contributed by atoms with Crippen LogP contribution in [0, 0.1) is 6.92 Å². The molecule has 1 N–H and O–H groups in total. The first-order chi connectivity index (χ1) is 10.6. The van der Waals surface area contributed by atoms with E-state index in [-0.39, 0.29) is 12.1 Å². The van der Waals surface area contributed by atoms with Gasteiger partial charge in [-0.1, -0.05) is 29.8 Å². The van der Waals surface area contributed by atoms with E-state index in [1.54, 1.807) is 0 Å². The van der Waals surface area contributed by atoms with Crippen LogP contribution in [0.5, 0.6) is 0 Å². The van der Waals surface area contributed by atoms with Gasteiger partial charge >= 0.3 is 0 Å². The molecular weight excluding hydrogens is 278 g/mol. The van der Waals surface area contributed by atoms with Gasteiger partial charge in [0.15, 0.2) is 0 Å². The van der Waals surface area contributed by atoms with Crippen LogP contribution in [0.4, 0.5) is 0 Å². The predicted molar refractivity (Wildman–Crippen MR) is 88.0 cm³/mol. The second-order valence-corrected chi connectivity index (χ2v) is 6.33. The maximum atomic E-state index is 10.2. The average Bonchev–Trinajstić information content (AvgIpc) is 2.54. The number of aliphatic hydroxyl groups excluding tert-OH is 1. The monoisotopic (exact) mass is 307 g/mol. The number of likely N-dealkylation sites (N-methyl/N-ethyl adjacent to an activating group) is 1. The third-order valence-corrected chi connectivity index (χ3v) is 4.41. The van der Waals surface area contributed by atoms with Crippen LogP contribution < -0.4 is 0 Å². The van der Waals surface area contributed by atoms with Crippen LogP contribution in [0.3, 0.4) is 0 Å². The van der Waals surface area contributed by atoms with Gasteiger partial charge in [-0.3, -0.25) is 4.90 Å². The topological polar surface area (TPSA) is 41.9 Å². The Labute approximate surface area is 134 Å². The van der Waals surface area contributed by atoms with Crippen molar-refractivity contribution in [3.63, 3.8) is 0 Å². The van der Waals surface area contributed by atoms with Crippen LogP contribution in [-0.2, 0) is 9.47 Å². The van der Waals surface area contributed by atoms with Crippen molar-refractivity contribution >= 4 is 0 Å². The molecule has 0 amide bonds. The lowest BCUT2D eigenvalue weighted by Crippen LogP contribution is -2.35. The Hall–Kier alpha value is -0.940. The average molecular weight is 307 g/mol. The highest BCUT2D eigenvalue weighted by atomic mass is 16.5. The van der Waals surface area contributed by atoms with E-state index in [0.29, 0.717) is 13.2 Å². The molecule has 4 heteroatoms. The molecule has 0 aliphatic carbocycles. The molecule has 1 aromatic rings. The maximum Gasteiger partial charge on any atom is 0.0900 e. The maximum absolute atomic E-state index is 10.2. The molecule has 2 unspecified atom stereocenters. The van der Waals surface area contributed by atoms with E-state index in [4.69, 9.17) is 9.47 Å². The van der Waals surface area contributed by atoms with Gasteiger partial charge < -0.3 is 14.6 Å². The lowest BCUT2D eigenvalue weighted by atomic mass is 10.1. The van der Waals surface area contributed by atoms with Gasteiger partial charge in [-0.05, 0) is 39.3 Å². The number of aliphatic hydroxyl groups is 1. The van der Waals surface area contributed by atoms with E-state index in [2.05, 4.69) is 43.0 Å². The summed E-state index contributed by atoms with van der Waals surface area (Å²) in [5, 5.41) is 10.2. The first-order valence-corrected chi connectivity index (χ1v) is 8.20. The molecule has 2 rings (SSSR count). The summed E-state index contributed by atoms with van der Waals surface area (Å²) in [6.45, 7) is 6.80. The zero-order valence-corrected chi connectivity index (χ0v) is 14.0. The highest BCUT2D eigenvalue weighted by molar-refractivity contribution is 5.23. The normalized spacial score (nSPS) is 19.3. The molecule has 1 heterocycles. The first kappa shape index (κ1) is 17.4. The number of hydrogen-bond acceptors (Lipinski definition) is 4. The third-order valence-electron chi connectivity index (χ3n) is 4.41. The van der Waals surface area contributed by atoms with Crippen molar-refractivity contribution in [2.45, 2.75) is 44.9 Å². The molecule has 0 radical (unpaired) electrons. The largest absolute Gasteiger partial charge is 0.389 e. The SMILES string of the molecule is Cc1ccc(C(C)N(C)CC(O)COC2CCOCC2)cc1. The molecule has 1 saturated heterocycles. The predicted octanol–water partition coefficient (Wildman–Crippen LogP) is 2.54. The molecule has 1 aliphatic rings. The number of benzene rings is 1. The number of ether oxygens (including phenoxy) is 2. The summed E-state index contributed by atoms with van der Waals surface area (Å²) >= 11 is 0. The van der Waals surface area contributed by atoms with Crippen molar-refractivity contribution in [1.82, 2.24) is 4.90 Å². The summed E-state index contributed by atoms with van der Waals surface area (Å²) in [6.07, 6.45) is 1.65. The minimum absolute atomic E-state index is 0.239. The Kier molecular flexibility index (Phi) is 6.83. The Bertz CT molecular complexity index is 428. The van der Waals surface area contributed by atoms with Crippen LogP contribution in [-0.4, -0.2) is 55.6 Å². The van der Waals surface area contributed by atoms with Gasteiger partial charge in [-0.2, -0.15) is 0 Å². The minimum Gasteiger partial charge on any atom is -0.389 e. The lowest BCUT2D eigenvalue weighted by molar-refractivity contribution is -0.0644. The Morgan fingerprint density at radius 2 is 1.91 bits per heavy atom. The molecule has 0 saturated carbocycles. The van der Waals surface area contributed by atoms with Crippen molar-refractivity contribution < 1.29 is 14.6 Å². The number of rotatable bonds is 7. The van der Waals surface area contributed by atoms with Gasteiger partial charge in [0.2, 0.25) is 0 Å². The molecule has 1 aromatic carbocycles. The molecule has 0 aromatic heterocycles. The number of nitrogens with zero attached hydrogens (tertiary/aromatic N) is 1. The summed E-state index contributed by atoms with van der Waals surface area (Å²) in [4.78, 5) is 2.17. The van der Waals surface area contributed by atoms with Crippen LogP contribution in [0.25, 0.3) is 0 Å². The summed E-state index contributed by atoms with van der Waals surface area (Å²) < 4.78 is 11.1. The summed E-state index contributed by atoms with van der Waals surface area (Å²) in [5.41, 5.74) is 2.54. The molecule has 1 aliphatic heterocycles. The molecule has 22 heavy (non-hydrogen) atoms. The fourth-order valence-corrected chi connectivity index (χ4v) is 2.73. The van der Waals surface area contributed by atoms with E-state index < -0.39 is 6.10 Å². The minimum atomic E-state index is -0.458. The first-order valence-electron chi connectivity index (χ1n) is 8.20. The van der Waals surface area contributed by atoms with E-state index >= 15 is 0 Å². The molecule has 124 valence electrons.